The standard InChI is InChI=1S/C46H93NO6.C36H73NO4/c1-4-6-8-10-12-14-16-18-20-22-24-26-28-30-32-34-38-51-43-45(44-53-46(48)47-37-36-39-50-42-41-49-3)52-40-35-33-31-29-27-25-23-21-19-17-15-13-11-9-7-5-2;1-4-6-8-10-12-14-16-18-20-22-24-26-29-35(41-36(38)37-31-28-32-40-34-33-39-3)30-27-25-23-21-19-17-15-13-11-9-7-5-2/h45H,4-44H2,1-3H3,(H,47,48);35H,4-34H2,1-3H3,(H,37,38). The van der Waals surface area contributed by atoms with Crippen molar-refractivity contribution in [3.63, 3.8) is 0 Å². The van der Waals surface area contributed by atoms with E-state index in [1.807, 2.05) is 0 Å². The second kappa shape index (κ2) is 87.4. The van der Waals surface area contributed by atoms with E-state index < -0.39 is 6.09 Å². The fraction of sp³-hybridized carbons (Fsp3) is 0.976. The van der Waals surface area contributed by atoms with Crippen LogP contribution < -0.4 is 10.6 Å². The molecule has 2 N–H and O–H groups in total. The Bertz CT molecular complexity index is 1350. The molecule has 1 unspecified atom stereocenters. The third-order valence-electron chi connectivity index (χ3n) is 18.6. The molecular weight excluding hydrogens is 1170 g/mol. The topological polar surface area (TPSA) is 132 Å². The lowest BCUT2D eigenvalue weighted by Crippen LogP contribution is -2.32. The average molecular weight is 1340 g/mol. The van der Waals surface area contributed by atoms with Crippen LogP contribution in [-0.2, 0) is 37.9 Å². The van der Waals surface area contributed by atoms with Gasteiger partial charge in [-0.3, -0.25) is 0 Å². The fourth-order valence-electron chi connectivity index (χ4n) is 12.3. The Hall–Kier alpha value is -1.70. The smallest absolute Gasteiger partial charge is 0.407 e. The molecule has 0 aromatic heterocycles. The molecule has 0 spiro atoms. The van der Waals surface area contributed by atoms with Gasteiger partial charge in [0.25, 0.3) is 0 Å². The Labute approximate surface area is 586 Å². The first kappa shape index (κ1) is 94.4. The van der Waals surface area contributed by atoms with Crippen LogP contribution in [0, 0.1) is 0 Å². The summed E-state index contributed by atoms with van der Waals surface area (Å²) in [6.45, 7) is 15.9. The molecule has 0 radical (unpaired) electrons. The number of unbranched alkanes of at least 4 members (excludes halogenated alkanes) is 52. The quantitative estimate of drug-likeness (QED) is 0.0567. The molecule has 12 heteroatoms. The van der Waals surface area contributed by atoms with Gasteiger partial charge in [-0.2, -0.15) is 0 Å². The van der Waals surface area contributed by atoms with E-state index in [1.165, 1.54) is 347 Å². The van der Waals surface area contributed by atoms with Gasteiger partial charge in [0.1, 0.15) is 18.8 Å². The van der Waals surface area contributed by atoms with Crippen molar-refractivity contribution >= 4 is 12.2 Å². The zero-order valence-corrected chi connectivity index (χ0v) is 64.1. The van der Waals surface area contributed by atoms with Crippen LogP contribution in [0.3, 0.4) is 0 Å². The molecular formula is C82H166N2O10. The highest BCUT2D eigenvalue weighted by Crippen LogP contribution is 2.21. The fourth-order valence-corrected chi connectivity index (χ4v) is 12.3. The van der Waals surface area contributed by atoms with Gasteiger partial charge in [-0.25, -0.2) is 9.59 Å². The minimum absolute atomic E-state index is 0.0548. The molecule has 564 valence electrons. The van der Waals surface area contributed by atoms with E-state index in [4.69, 9.17) is 37.9 Å². The highest BCUT2D eigenvalue weighted by molar-refractivity contribution is 5.67. The Morgan fingerprint density at radius 2 is 0.521 bits per heavy atom. The largest absolute Gasteiger partial charge is 0.447 e. The van der Waals surface area contributed by atoms with E-state index in [9.17, 15) is 9.59 Å². The lowest BCUT2D eigenvalue weighted by molar-refractivity contribution is -0.0468. The number of nitrogens with one attached hydrogen (secondary N) is 2. The molecule has 12 nitrogen and oxygen atoms in total. The summed E-state index contributed by atoms with van der Waals surface area (Å²) in [4.78, 5) is 24.7. The number of carbonyl (C=O) groups excluding carboxylic acids is 2. The maximum absolute atomic E-state index is 12.4. The molecule has 1 atom stereocenters. The number of hydrogen-bond acceptors (Lipinski definition) is 10. The summed E-state index contributed by atoms with van der Waals surface area (Å²) < 4.78 is 44.5. The highest BCUT2D eigenvalue weighted by Gasteiger charge is 2.16. The third-order valence-corrected chi connectivity index (χ3v) is 18.6. The summed E-state index contributed by atoms with van der Waals surface area (Å²) in [6.07, 6.45) is 78.8. The van der Waals surface area contributed by atoms with E-state index in [1.54, 1.807) is 14.2 Å². The summed E-state index contributed by atoms with van der Waals surface area (Å²) in [5, 5.41) is 5.74. The molecule has 0 heterocycles. The average Bonchev–Trinajstić information content (AvgIpc) is 3.67. The number of amides is 2. The lowest BCUT2D eigenvalue weighted by atomic mass is 10.0. The second-order valence-electron chi connectivity index (χ2n) is 27.9. The second-order valence-corrected chi connectivity index (χ2v) is 27.9. The molecule has 0 rings (SSSR count). The maximum atomic E-state index is 12.4. The number of alkyl carbamates (subject to hydrolysis) is 2. The molecule has 0 bridgehead atoms. The monoisotopic (exact) mass is 1340 g/mol. The first-order valence-corrected chi connectivity index (χ1v) is 41.7. The Morgan fingerprint density at radius 1 is 0.255 bits per heavy atom. The predicted octanol–water partition coefficient (Wildman–Crippen LogP) is 25.0. The van der Waals surface area contributed by atoms with Crippen molar-refractivity contribution in [2.75, 3.05) is 93.4 Å². The highest BCUT2D eigenvalue weighted by atomic mass is 16.6. The lowest BCUT2D eigenvalue weighted by Gasteiger charge is -2.18. The summed E-state index contributed by atoms with van der Waals surface area (Å²) in [5.74, 6) is 0. The van der Waals surface area contributed by atoms with Gasteiger partial charge in [0.15, 0.2) is 0 Å². The van der Waals surface area contributed by atoms with Crippen LogP contribution in [0.5, 0.6) is 0 Å². The maximum Gasteiger partial charge on any atom is 0.407 e. The normalized spacial score (nSPS) is 11.8. The van der Waals surface area contributed by atoms with Gasteiger partial charge >= 0.3 is 12.2 Å². The first-order chi connectivity index (χ1) is 46.5. The summed E-state index contributed by atoms with van der Waals surface area (Å²) in [6, 6.07) is 0. The van der Waals surface area contributed by atoms with E-state index in [2.05, 4.69) is 38.3 Å². The third kappa shape index (κ3) is 84.5. The molecule has 0 aliphatic rings. The summed E-state index contributed by atoms with van der Waals surface area (Å²) in [7, 11) is 3.33. The molecule has 2 amide bonds. The number of methoxy groups -OCH3 is 2. The Kier molecular flexibility index (Phi) is 87.7. The van der Waals surface area contributed by atoms with Crippen LogP contribution in [0.1, 0.15) is 413 Å². The molecule has 0 saturated carbocycles. The Morgan fingerprint density at radius 3 is 0.830 bits per heavy atom. The van der Waals surface area contributed by atoms with Crippen LogP contribution >= 0.6 is 0 Å². The van der Waals surface area contributed by atoms with Crippen molar-refractivity contribution in [1.29, 1.82) is 0 Å². The van der Waals surface area contributed by atoms with E-state index in [-0.39, 0.29) is 24.9 Å². The number of hydrogen-bond donors (Lipinski definition) is 2. The minimum Gasteiger partial charge on any atom is -0.447 e. The van der Waals surface area contributed by atoms with E-state index >= 15 is 0 Å². The zero-order valence-electron chi connectivity index (χ0n) is 64.1. The van der Waals surface area contributed by atoms with Crippen molar-refractivity contribution in [3.8, 4) is 0 Å². The van der Waals surface area contributed by atoms with Crippen molar-refractivity contribution in [1.82, 2.24) is 10.6 Å². The van der Waals surface area contributed by atoms with Gasteiger partial charge in [0, 0.05) is 53.7 Å². The van der Waals surface area contributed by atoms with Gasteiger partial charge in [-0.1, -0.05) is 362 Å². The van der Waals surface area contributed by atoms with Gasteiger partial charge in [0.05, 0.1) is 33.0 Å². The molecule has 0 saturated heterocycles. The molecule has 0 aromatic carbocycles. The molecule has 0 aliphatic heterocycles. The van der Waals surface area contributed by atoms with Crippen LogP contribution in [0.25, 0.3) is 0 Å². The minimum atomic E-state index is -0.407. The number of ether oxygens (including phenoxy) is 8. The predicted molar refractivity (Wildman–Crippen MR) is 403 cm³/mol. The van der Waals surface area contributed by atoms with Gasteiger partial charge in [0.2, 0.25) is 0 Å². The number of carbonyl (C=O) groups is 2. The van der Waals surface area contributed by atoms with Crippen LogP contribution in [0.2, 0.25) is 0 Å². The van der Waals surface area contributed by atoms with Crippen molar-refractivity contribution in [3.05, 3.63) is 0 Å². The number of rotatable bonds is 80. The zero-order chi connectivity index (χ0) is 68.3. The Balaban J connectivity index is 0. The first-order valence-electron chi connectivity index (χ1n) is 41.7. The molecule has 0 aliphatic carbocycles. The van der Waals surface area contributed by atoms with Crippen LogP contribution in [0.4, 0.5) is 9.59 Å². The van der Waals surface area contributed by atoms with Crippen molar-refractivity contribution < 1.29 is 47.5 Å². The molecule has 94 heavy (non-hydrogen) atoms. The summed E-state index contributed by atoms with van der Waals surface area (Å²) >= 11 is 0. The SMILES string of the molecule is CCCCCCCCCCCCCCC(CCCCCCCCCCCCCC)OC(=O)NCCCOCCOC.CCCCCCCCCCCCCCCCCCOCC(COC(=O)NCCCOCCOC)OCCCCCCCCCCCCCCCCCC. The van der Waals surface area contributed by atoms with E-state index in [0.29, 0.717) is 65.9 Å². The van der Waals surface area contributed by atoms with Crippen molar-refractivity contribution in [2.45, 2.75) is 425 Å². The molecule has 0 fully saturated rings. The molecule has 0 aromatic rings. The van der Waals surface area contributed by atoms with Crippen LogP contribution in [0.15, 0.2) is 0 Å². The van der Waals surface area contributed by atoms with Gasteiger partial charge in [-0.15, -0.1) is 0 Å². The summed E-state index contributed by atoms with van der Waals surface area (Å²) in [5.41, 5.74) is 0. The van der Waals surface area contributed by atoms with Gasteiger partial charge < -0.3 is 48.5 Å². The van der Waals surface area contributed by atoms with E-state index in [0.717, 1.165) is 45.1 Å². The van der Waals surface area contributed by atoms with Crippen molar-refractivity contribution in [2.24, 2.45) is 0 Å². The van der Waals surface area contributed by atoms with Crippen LogP contribution in [-0.4, -0.2) is 118 Å². The van der Waals surface area contributed by atoms with Gasteiger partial charge in [-0.05, 0) is 51.4 Å².